The normalized spacial score (nSPS) is 14.5. The van der Waals surface area contributed by atoms with Crippen LogP contribution < -0.4 is 13.6 Å². The predicted molar refractivity (Wildman–Crippen MR) is 170 cm³/mol. The largest absolute Gasteiger partial charge is 0.566 e. The second-order valence-electron chi connectivity index (χ2n) is 12.4. The minimum atomic E-state index is -2.93. The van der Waals surface area contributed by atoms with Crippen molar-refractivity contribution in [2.75, 3.05) is 9.13 Å². The third-order valence-corrected chi connectivity index (χ3v) is 10.1. The van der Waals surface area contributed by atoms with Crippen molar-refractivity contribution in [2.45, 2.75) is 86.0 Å². The molecule has 3 aromatic carbocycles. The summed E-state index contributed by atoms with van der Waals surface area (Å²) in [6, 6.07) is 11.9. The third-order valence-electron chi connectivity index (χ3n) is 7.89. The SMILES string of the molecule is C=C1C=C(C)N(c2c(C(C)C)cccc2C(C)C)[Si](Oc2c(F)c(F)c(F)c(F)c2F)N1c1c(C(C)C)cccc1C(C)C. The van der Waals surface area contributed by atoms with E-state index in [9.17, 15) is 13.2 Å². The van der Waals surface area contributed by atoms with E-state index in [0.717, 1.165) is 33.6 Å². The summed E-state index contributed by atoms with van der Waals surface area (Å²) in [6.45, 7) is 22.5. The van der Waals surface area contributed by atoms with Gasteiger partial charge in [-0.1, -0.05) is 98.4 Å². The molecule has 0 saturated heterocycles. The van der Waals surface area contributed by atoms with Crippen molar-refractivity contribution >= 4 is 20.7 Å². The van der Waals surface area contributed by atoms with Gasteiger partial charge in [-0.25, -0.2) is 13.2 Å². The first-order valence-corrected chi connectivity index (χ1v) is 16.2. The molecule has 1 aliphatic rings. The highest BCUT2D eigenvalue weighted by Gasteiger charge is 2.46. The molecule has 0 aliphatic carbocycles. The lowest BCUT2D eigenvalue weighted by Crippen LogP contribution is -2.59. The van der Waals surface area contributed by atoms with Crippen molar-refractivity contribution in [2.24, 2.45) is 0 Å². The number of nitrogens with zero attached hydrogens (tertiary/aromatic N) is 2. The molecular formula is C35H40F5N2OSi. The molecule has 0 bridgehead atoms. The number of anilines is 2. The van der Waals surface area contributed by atoms with Gasteiger partial charge in [-0.15, -0.1) is 0 Å². The molecule has 0 fully saturated rings. The molecule has 0 amide bonds. The van der Waals surface area contributed by atoms with Crippen LogP contribution in [0.4, 0.5) is 33.3 Å². The van der Waals surface area contributed by atoms with E-state index in [1.165, 1.54) is 0 Å². The standard InChI is InChI=1S/C35H40F5N2OSi/c1-18(2)24-13-11-14-25(19(3)4)33(24)41-22(9)17-23(10)42(34-26(20(5)6)15-12-16-27(34)21(7)8)44(41)43-35-31(39)29(37)28(36)30(38)32(35)40/h11-21H,9H2,1-8,10H3. The van der Waals surface area contributed by atoms with Crippen LogP contribution in [0.2, 0.25) is 0 Å². The zero-order valence-corrected chi connectivity index (χ0v) is 27.8. The van der Waals surface area contributed by atoms with Crippen molar-refractivity contribution in [1.82, 2.24) is 0 Å². The van der Waals surface area contributed by atoms with Crippen LogP contribution in [-0.4, -0.2) is 9.36 Å². The summed E-state index contributed by atoms with van der Waals surface area (Å²) >= 11 is 0. The Bertz CT molecular complexity index is 1530. The molecule has 0 N–H and O–H groups in total. The van der Waals surface area contributed by atoms with Gasteiger partial charge in [0.25, 0.3) is 0 Å². The monoisotopic (exact) mass is 627 g/mol. The van der Waals surface area contributed by atoms with E-state index in [4.69, 9.17) is 4.43 Å². The fourth-order valence-corrected chi connectivity index (χ4v) is 7.97. The Labute approximate surface area is 259 Å². The first kappa shape index (κ1) is 33.3. The second-order valence-corrected chi connectivity index (χ2v) is 14.1. The van der Waals surface area contributed by atoms with Gasteiger partial charge in [0.05, 0.1) is 0 Å². The van der Waals surface area contributed by atoms with Gasteiger partial charge in [-0.2, -0.15) is 8.78 Å². The zero-order valence-electron chi connectivity index (χ0n) is 26.8. The maximum atomic E-state index is 15.3. The molecule has 0 atom stereocenters. The highest BCUT2D eigenvalue weighted by atomic mass is 28.3. The first-order valence-electron chi connectivity index (χ1n) is 14.9. The fourth-order valence-electron chi connectivity index (χ4n) is 5.65. The molecule has 235 valence electrons. The molecule has 0 unspecified atom stereocenters. The summed E-state index contributed by atoms with van der Waals surface area (Å²) in [5.41, 5.74) is 6.50. The van der Waals surface area contributed by atoms with E-state index in [-0.39, 0.29) is 23.7 Å². The van der Waals surface area contributed by atoms with Crippen LogP contribution in [0.3, 0.4) is 0 Å². The number of hydrogen-bond donors (Lipinski definition) is 0. The Hall–Kier alpha value is -3.59. The number of benzene rings is 3. The Morgan fingerprint density at radius 3 is 1.30 bits per heavy atom. The summed E-state index contributed by atoms with van der Waals surface area (Å²) < 4.78 is 83.8. The van der Waals surface area contributed by atoms with Gasteiger partial charge in [0.2, 0.25) is 29.1 Å². The average molecular weight is 628 g/mol. The minimum absolute atomic E-state index is 0.0311. The van der Waals surface area contributed by atoms with Crippen molar-refractivity contribution in [1.29, 1.82) is 0 Å². The van der Waals surface area contributed by atoms with Crippen molar-refractivity contribution in [3.05, 3.63) is 112 Å². The molecule has 1 aliphatic heterocycles. The third kappa shape index (κ3) is 5.78. The van der Waals surface area contributed by atoms with Crippen LogP contribution in [0.5, 0.6) is 5.75 Å². The molecule has 0 spiro atoms. The number of halogens is 5. The van der Waals surface area contributed by atoms with Crippen LogP contribution in [0, 0.1) is 29.1 Å². The summed E-state index contributed by atoms with van der Waals surface area (Å²) in [5.74, 6) is -11.5. The van der Waals surface area contributed by atoms with Gasteiger partial charge in [0.1, 0.15) is 0 Å². The molecule has 44 heavy (non-hydrogen) atoms. The van der Waals surface area contributed by atoms with Crippen LogP contribution in [-0.2, 0) is 0 Å². The highest BCUT2D eigenvalue weighted by Crippen LogP contribution is 2.45. The Morgan fingerprint density at radius 2 is 0.932 bits per heavy atom. The smallest absolute Gasteiger partial charge is 0.502 e. The van der Waals surface area contributed by atoms with Crippen LogP contribution in [0.25, 0.3) is 0 Å². The topological polar surface area (TPSA) is 15.7 Å². The first-order chi connectivity index (χ1) is 20.6. The average Bonchev–Trinajstić information content (AvgIpc) is 2.96. The maximum absolute atomic E-state index is 15.3. The van der Waals surface area contributed by atoms with Gasteiger partial charge in [0, 0.05) is 22.8 Å². The van der Waals surface area contributed by atoms with E-state index in [2.05, 4.69) is 6.58 Å². The Balaban J connectivity index is 2.15. The van der Waals surface area contributed by atoms with Crippen LogP contribution in [0.1, 0.15) is 108 Å². The lowest BCUT2D eigenvalue weighted by atomic mass is 9.92. The summed E-state index contributed by atoms with van der Waals surface area (Å²) in [6.07, 6.45) is 1.87. The minimum Gasteiger partial charge on any atom is -0.502 e. The molecule has 4 rings (SSSR count). The molecule has 3 aromatic rings. The molecule has 3 nitrogen and oxygen atoms in total. The molecule has 1 heterocycles. The van der Waals surface area contributed by atoms with Gasteiger partial charge in [-0.05, 0) is 58.9 Å². The molecule has 9 heteroatoms. The van der Waals surface area contributed by atoms with Gasteiger partial charge in [-0.3, -0.25) is 0 Å². The van der Waals surface area contributed by atoms with E-state index < -0.39 is 44.2 Å². The van der Waals surface area contributed by atoms with Crippen molar-refractivity contribution in [3.63, 3.8) is 0 Å². The second kappa shape index (κ2) is 12.8. The lowest BCUT2D eigenvalue weighted by Gasteiger charge is -2.45. The maximum Gasteiger partial charge on any atom is 0.566 e. The van der Waals surface area contributed by atoms with Crippen molar-refractivity contribution < 1.29 is 26.4 Å². The quantitative estimate of drug-likeness (QED) is 0.107. The van der Waals surface area contributed by atoms with Gasteiger partial charge in [0.15, 0.2) is 5.75 Å². The molecule has 0 aromatic heterocycles. The summed E-state index contributed by atoms with van der Waals surface area (Å²) in [5, 5.41) is 0. The number of rotatable bonds is 8. The Kier molecular flexibility index (Phi) is 9.68. The number of para-hydroxylation sites is 2. The predicted octanol–water partition coefficient (Wildman–Crippen LogP) is 10.7. The molecular weight excluding hydrogens is 587 g/mol. The summed E-state index contributed by atoms with van der Waals surface area (Å²) in [7, 11) is -2.93. The molecule has 1 radical (unpaired) electrons. The lowest BCUT2D eigenvalue weighted by molar-refractivity contribution is 0.347. The van der Waals surface area contributed by atoms with Gasteiger partial charge >= 0.3 is 9.36 Å². The zero-order chi connectivity index (χ0) is 32.8. The van der Waals surface area contributed by atoms with Gasteiger partial charge < -0.3 is 13.6 Å². The number of hydrogen-bond acceptors (Lipinski definition) is 3. The van der Waals surface area contributed by atoms with Crippen molar-refractivity contribution in [3.8, 4) is 5.75 Å². The van der Waals surface area contributed by atoms with Crippen LogP contribution in [0.15, 0.2) is 60.4 Å². The van der Waals surface area contributed by atoms with E-state index >= 15 is 8.78 Å². The Morgan fingerprint density at radius 1 is 0.591 bits per heavy atom. The van der Waals surface area contributed by atoms with E-state index in [0.29, 0.717) is 11.4 Å². The highest BCUT2D eigenvalue weighted by molar-refractivity contribution is 6.64. The van der Waals surface area contributed by atoms with E-state index in [1.54, 1.807) is 0 Å². The molecule has 0 saturated carbocycles. The van der Waals surface area contributed by atoms with E-state index in [1.807, 2.05) is 114 Å². The number of allylic oxidation sites excluding steroid dienone is 2. The summed E-state index contributed by atoms with van der Waals surface area (Å²) in [4.78, 5) is 0. The fraction of sp³-hybridized carbons (Fsp3) is 0.371. The van der Waals surface area contributed by atoms with Crippen LogP contribution >= 0.6 is 0 Å².